The highest BCUT2D eigenvalue weighted by Crippen LogP contribution is 2.43. The van der Waals surface area contributed by atoms with Crippen LogP contribution in [0.4, 0.5) is 0 Å². The Morgan fingerprint density at radius 1 is 1.50 bits per heavy atom. The van der Waals surface area contributed by atoms with Crippen LogP contribution in [0.2, 0.25) is 0 Å². The standard InChI is InChI=1S/C12H16N4OS/c17-12(10-6-8-1-2-9(10)5-8)13-3-4-18-11-7-14-16-15-11/h1-2,7-10H,3-6H2,(H,13,17)(H,14,15,16)/t8-,9+,10-/m1/s1. The highest BCUT2D eigenvalue weighted by atomic mass is 32.2. The van der Waals surface area contributed by atoms with E-state index in [2.05, 4.69) is 32.9 Å². The number of aromatic amines is 1. The summed E-state index contributed by atoms with van der Waals surface area (Å²) in [5, 5.41) is 14.1. The quantitative estimate of drug-likeness (QED) is 0.476. The number of hydrogen-bond acceptors (Lipinski definition) is 4. The van der Waals surface area contributed by atoms with E-state index in [9.17, 15) is 4.79 Å². The van der Waals surface area contributed by atoms with Crippen LogP contribution in [-0.2, 0) is 4.79 Å². The molecular formula is C12H16N4OS. The molecule has 0 saturated heterocycles. The first-order chi connectivity index (χ1) is 8.83. The van der Waals surface area contributed by atoms with E-state index in [1.807, 2.05) is 0 Å². The molecule has 3 rings (SSSR count). The van der Waals surface area contributed by atoms with Gasteiger partial charge in [-0.25, -0.2) is 0 Å². The molecule has 2 N–H and O–H groups in total. The van der Waals surface area contributed by atoms with Crippen molar-refractivity contribution in [3.63, 3.8) is 0 Å². The van der Waals surface area contributed by atoms with E-state index in [0.717, 1.165) is 17.2 Å². The van der Waals surface area contributed by atoms with Crippen LogP contribution in [0.1, 0.15) is 12.8 Å². The summed E-state index contributed by atoms with van der Waals surface area (Å²) in [6.07, 6.45) is 8.36. The van der Waals surface area contributed by atoms with Gasteiger partial charge < -0.3 is 5.32 Å². The molecule has 3 atom stereocenters. The zero-order chi connectivity index (χ0) is 12.4. The molecule has 5 nitrogen and oxygen atoms in total. The number of H-pyrrole nitrogens is 1. The fourth-order valence-electron chi connectivity index (χ4n) is 2.80. The number of hydrogen-bond donors (Lipinski definition) is 2. The van der Waals surface area contributed by atoms with Crippen molar-refractivity contribution in [1.29, 1.82) is 0 Å². The second kappa shape index (κ2) is 5.14. The van der Waals surface area contributed by atoms with E-state index in [4.69, 9.17) is 0 Å². The number of rotatable bonds is 5. The van der Waals surface area contributed by atoms with E-state index < -0.39 is 0 Å². The van der Waals surface area contributed by atoms with Crippen LogP contribution in [0.3, 0.4) is 0 Å². The molecule has 1 fully saturated rings. The second-order valence-corrected chi connectivity index (χ2v) is 5.95. The lowest BCUT2D eigenvalue weighted by Gasteiger charge is -2.17. The molecular weight excluding hydrogens is 248 g/mol. The van der Waals surface area contributed by atoms with Gasteiger partial charge in [0.2, 0.25) is 5.91 Å². The van der Waals surface area contributed by atoms with Gasteiger partial charge in [0.25, 0.3) is 0 Å². The Morgan fingerprint density at radius 3 is 3.11 bits per heavy atom. The smallest absolute Gasteiger partial charge is 0.223 e. The molecule has 0 spiro atoms. The van der Waals surface area contributed by atoms with Gasteiger partial charge in [0.05, 0.1) is 6.20 Å². The zero-order valence-electron chi connectivity index (χ0n) is 10.0. The van der Waals surface area contributed by atoms with Gasteiger partial charge in [-0.15, -0.1) is 16.9 Å². The Balaban J connectivity index is 1.38. The molecule has 1 aromatic heterocycles. The van der Waals surface area contributed by atoms with E-state index in [1.165, 1.54) is 6.42 Å². The Morgan fingerprint density at radius 2 is 2.44 bits per heavy atom. The number of amides is 1. The maximum absolute atomic E-state index is 12.0. The summed E-state index contributed by atoms with van der Waals surface area (Å²) in [5.74, 6) is 2.38. The monoisotopic (exact) mass is 264 g/mol. The van der Waals surface area contributed by atoms with Crippen molar-refractivity contribution in [3.05, 3.63) is 18.3 Å². The minimum absolute atomic E-state index is 0.206. The summed E-state index contributed by atoms with van der Waals surface area (Å²) in [6.45, 7) is 0.688. The van der Waals surface area contributed by atoms with Gasteiger partial charge >= 0.3 is 0 Å². The number of aromatic nitrogens is 3. The summed E-state index contributed by atoms with van der Waals surface area (Å²) in [5.41, 5.74) is 0. The molecule has 2 aliphatic carbocycles. The van der Waals surface area contributed by atoms with E-state index >= 15 is 0 Å². The first-order valence-electron chi connectivity index (χ1n) is 6.27. The molecule has 1 aromatic rings. The third kappa shape index (κ3) is 2.43. The number of allylic oxidation sites excluding steroid dienone is 2. The van der Waals surface area contributed by atoms with Crippen LogP contribution < -0.4 is 5.32 Å². The highest BCUT2D eigenvalue weighted by molar-refractivity contribution is 7.99. The van der Waals surface area contributed by atoms with Gasteiger partial charge in [-0.2, -0.15) is 10.3 Å². The molecule has 1 saturated carbocycles. The van der Waals surface area contributed by atoms with Crippen molar-refractivity contribution in [2.45, 2.75) is 17.9 Å². The number of carbonyl (C=O) groups is 1. The summed E-state index contributed by atoms with van der Waals surface area (Å²) < 4.78 is 0. The predicted molar refractivity (Wildman–Crippen MR) is 69.0 cm³/mol. The molecule has 6 heteroatoms. The molecule has 0 aliphatic heterocycles. The average Bonchev–Trinajstić information content (AvgIpc) is 3.10. The number of nitrogens with one attached hydrogen (secondary N) is 2. The van der Waals surface area contributed by atoms with Crippen molar-refractivity contribution >= 4 is 17.7 Å². The second-order valence-electron chi connectivity index (χ2n) is 4.83. The Hall–Kier alpha value is -1.30. The molecule has 1 heterocycles. The number of thioether (sulfide) groups is 1. The summed E-state index contributed by atoms with van der Waals surface area (Å²) >= 11 is 1.59. The van der Waals surface area contributed by atoms with Crippen molar-refractivity contribution in [1.82, 2.24) is 20.7 Å². The van der Waals surface area contributed by atoms with Crippen molar-refractivity contribution < 1.29 is 4.79 Å². The lowest BCUT2D eigenvalue weighted by Crippen LogP contribution is -2.34. The van der Waals surface area contributed by atoms with Crippen LogP contribution in [-0.4, -0.2) is 33.6 Å². The van der Waals surface area contributed by atoms with Crippen LogP contribution in [0.5, 0.6) is 0 Å². The van der Waals surface area contributed by atoms with Crippen molar-refractivity contribution in [2.75, 3.05) is 12.3 Å². The maximum Gasteiger partial charge on any atom is 0.223 e. The van der Waals surface area contributed by atoms with E-state index in [-0.39, 0.29) is 11.8 Å². The molecule has 96 valence electrons. The fourth-order valence-corrected chi connectivity index (χ4v) is 3.45. The molecule has 2 bridgehead atoms. The first kappa shape index (κ1) is 11.8. The molecule has 18 heavy (non-hydrogen) atoms. The fraction of sp³-hybridized carbons (Fsp3) is 0.583. The van der Waals surface area contributed by atoms with Gasteiger partial charge in [-0.3, -0.25) is 4.79 Å². The summed E-state index contributed by atoms with van der Waals surface area (Å²) in [4.78, 5) is 12.0. The molecule has 0 unspecified atom stereocenters. The number of fused-ring (bicyclic) bond motifs is 2. The Bertz CT molecular complexity index is 445. The van der Waals surface area contributed by atoms with Gasteiger partial charge in [0, 0.05) is 18.2 Å². The van der Waals surface area contributed by atoms with Gasteiger partial charge in [0.15, 0.2) is 0 Å². The summed E-state index contributed by atoms with van der Waals surface area (Å²) in [6, 6.07) is 0. The first-order valence-corrected chi connectivity index (χ1v) is 7.26. The lowest BCUT2D eigenvalue weighted by molar-refractivity contribution is -0.125. The Kier molecular flexibility index (Phi) is 3.36. The SMILES string of the molecule is O=C(NCCSc1cn[nH]n1)[C@@H]1C[C@@H]2C=C[C@H]1C2. The van der Waals surface area contributed by atoms with Crippen molar-refractivity contribution in [3.8, 4) is 0 Å². The average molecular weight is 264 g/mol. The molecule has 0 radical (unpaired) electrons. The topological polar surface area (TPSA) is 70.7 Å². The van der Waals surface area contributed by atoms with Crippen LogP contribution in [0, 0.1) is 17.8 Å². The van der Waals surface area contributed by atoms with Gasteiger partial charge in [-0.1, -0.05) is 12.2 Å². The largest absolute Gasteiger partial charge is 0.355 e. The van der Waals surface area contributed by atoms with E-state index in [1.54, 1.807) is 18.0 Å². The summed E-state index contributed by atoms with van der Waals surface area (Å²) in [7, 11) is 0. The minimum atomic E-state index is 0.206. The van der Waals surface area contributed by atoms with Crippen molar-refractivity contribution in [2.24, 2.45) is 17.8 Å². The highest BCUT2D eigenvalue weighted by Gasteiger charge is 2.39. The van der Waals surface area contributed by atoms with E-state index in [0.29, 0.717) is 18.4 Å². The number of carbonyl (C=O) groups excluding carboxylic acids is 1. The van der Waals surface area contributed by atoms with Crippen LogP contribution in [0.15, 0.2) is 23.4 Å². The third-order valence-corrected chi connectivity index (χ3v) is 4.56. The maximum atomic E-state index is 12.0. The van der Waals surface area contributed by atoms with Gasteiger partial charge in [-0.05, 0) is 24.7 Å². The normalized spacial score (nSPS) is 28.8. The minimum Gasteiger partial charge on any atom is -0.355 e. The lowest BCUT2D eigenvalue weighted by atomic mass is 9.93. The Labute approximate surface area is 110 Å². The molecule has 1 amide bonds. The van der Waals surface area contributed by atoms with Crippen LogP contribution >= 0.6 is 11.8 Å². The third-order valence-electron chi connectivity index (χ3n) is 3.66. The molecule has 2 aliphatic rings. The predicted octanol–water partition coefficient (Wildman–Crippen LogP) is 1.23. The van der Waals surface area contributed by atoms with Crippen LogP contribution in [0.25, 0.3) is 0 Å². The number of nitrogens with zero attached hydrogens (tertiary/aromatic N) is 2. The molecule has 0 aromatic carbocycles. The van der Waals surface area contributed by atoms with Gasteiger partial charge in [0.1, 0.15) is 5.03 Å². The zero-order valence-corrected chi connectivity index (χ0v) is 10.8.